The first-order chi connectivity index (χ1) is 16.2. The summed E-state index contributed by atoms with van der Waals surface area (Å²) in [7, 11) is 0. The minimum Gasteiger partial charge on any atom is -0.358 e. The van der Waals surface area contributed by atoms with Crippen molar-refractivity contribution in [3.8, 4) is 11.1 Å². The van der Waals surface area contributed by atoms with Gasteiger partial charge < -0.3 is 20.9 Å². The number of carbonyl (C=O) groups is 2. The molecule has 0 fully saturated rings. The smallest absolute Gasteiger partial charge is 0.256 e. The molecular weight excluding hydrogens is 438 g/mol. The summed E-state index contributed by atoms with van der Waals surface area (Å²) in [6, 6.07) is 10.2. The average Bonchev–Trinajstić information content (AvgIpc) is 3.27. The molecule has 2 heterocycles. The Morgan fingerprint density at radius 3 is 2.47 bits per heavy atom. The summed E-state index contributed by atoms with van der Waals surface area (Å²) in [6.07, 6.45) is 1.60. The quantitative estimate of drug-likeness (QED) is 0.307. The Bertz CT molecular complexity index is 1280. The monoisotopic (exact) mass is 464 g/mol. The topological polar surface area (TPSA) is 86.0 Å². The van der Waals surface area contributed by atoms with Crippen LogP contribution in [0.5, 0.6) is 0 Å². The van der Waals surface area contributed by atoms with Gasteiger partial charge in [-0.1, -0.05) is 26.0 Å². The van der Waals surface area contributed by atoms with E-state index in [0.29, 0.717) is 58.5 Å². The van der Waals surface area contributed by atoms with Gasteiger partial charge in [-0.15, -0.1) is 0 Å². The van der Waals surface area contributed by atoms with Crippen LogP contribution in [0.25, 0.3) is 22.8 Å². The highest BCUT2D eigenvalue weighted by Crippen LogP contribution is 2.37. The maximum absolute atomic E-state index is 13.9. The van der Waals surface area contributed by atoms with Crippen LogP contribution in [-0.2, 0) is 4.79 Å². The Labute approximate surface area is 196 Å². The number of nitrogens with one attached hydrogen (secondary N) is 4. The predicted molar refractivity (Wildman–Crippen MR) is 129 cm³/mol. The number of anilines is 1. The van der Waals surface area contributed by atoms with E-state index in [9.17, 15) is 18.4 Å². The van der Waals surface area contributed by atoms with Gasteiger partial charge in [-0.05, 0) is 48.9 Å². The Morgan fingerprint density at radius 1 is 1.06 bits per heavy atom. The van der Waals surface area contributed by atoms with Crippen LogP contribution >= 0.6 is 0 Å². The second-order valence-electron chi connectivity index (χ2n) is 8.49. The highest BCUT2D eigenvalue weighted by molar-refractivity contribution is 6.35. The Kier molecular flexibility index (Phi) is 6.61. The van der Waals surface area contributed by atoms with E-state index in [2.05, 4.69) is 20.9 Å². The highest BCUT2D eigenvalue weighted by Gasteiger charge is 2.27. The molecule has 0 aliphatic carbocycles. The molecule has 8 heteroatoms. The van der Waals surface area contributed by atoms with E-state index < -0.39 is 11.6 Å². The summed E-state index contributed by atoms with van der Waals surface area (Å²) in [5.74, 6) is -1.52. The van der Waals surface area contributed by atoms with Crippen molar-refractivity contribution < 1.29 is 18.4 Å². The third-order valence-electron chi connectivity index (χ3n) is 5.59. The Morgan fingerprint density at radius 2 is 1.76 bits per heavy atom. The van der Waals surface area contributed by atoms with Crippen LogP contribution in [0.4, 0.5) is 14.5 Å². The Hall–Kier alpha value is -3.78. The molecule has 0 radical (unpaired) electrons. The summed E-state index contributed by atoms with van der Waals surface area (Å²) in [6.45, 7) is 6.84. The number of rotatable bonds is 7. The van der Waals surface area contributed by atoms with E-state index in [1.165, 1.54) is 30.3 Å². The fourth-order valence-corrected chi connectivity index (χ4v) is 4.03. The van der Waals surface area contributed by atoms with Crippen LogP contribution < -0.4 is 16.0 Å². The van der Waals surface area contributed by atoms with Gasteiger partial charge >= 0.3 is 0 Å². The van der Waals surface area contributed by atoms with Crippen LogP contribution in [0, 0.1) is 18.6 Å². The molecule has 176 valence electrons. The fourth-order valence-electron chi connectivity index (χ4n) is 4.03. The van der Waals surface area contributed by atoms with Gasteiger partial charge in [0.1, 0.15) is 11.6 Å². The molecule has 0 saturated heterocycles. The van der Waals surface area contributed by atoms with Gasteiger partial charge in [-0.25, -0.2) is 8.78 Å². The maximum atomic E-state index is 13.9. The zero-order valence-corrected chi connectivity index (χ0v) is 19.2. The first-order valence-electron chi connectivity index (χ1n) is 11.1. The summed E-state index contributed by atoms with van der Waals surface area (Å²) in [4.78, 5) is 29.0. The van der Waals surface area contributed by atoms with E-state index in [4.69, 9.17) is 0 Å². The minimum atomic E-state index is -0.461. The van der Waals surface area contributed by atoms with Crippen molar-refractivity contribution in [2.24, 2.45) is 0 Å². The second kappa shape index (κ2) is 9.61. The maximum Gasteiger partial charge on any atom is 0.256 e. The van der Waals surface area contributed by atoms with Gasteiger partial charge in [0.15, 0.2) is 0 Å². The molecule has 1 aliphatic heterocycles. The number of aromatic nitrogens is 1. The van der Waals surface area contributed by atoms with Gasteiger partial charge in [0.05, 0.1) is 11.1 Å². The summed E-state index contributed by atoms with van der Waals surface area (Å²) in [5, 5.41) is 8.88. The number of aryl methyl sites for hydroxylation is 1. The molecule has 4 N–H and O–H groups in total. The van der Waals surface area contributed by atoms with Crippen LogP contribution in [0.15, 0.2) is 42.5 Å². The van der Waals surface area contributed by atoms with E-state index in [1.54, 1.807) is 25.1 Å². The third-order valence-corrected chi connectivity index (χ3v) is 5.59. The SMILES string of the molecule is Cc1[nH]c(/C=C2\C(=O)Nc3ccc(F)cc32)c(-c2ccc(F)cc2)c1C(=O)NCCNC(C)C. The van der Waals surface area contributed by atoms with E-state index >= 15 is 0 Å². The molecule has 2 aromatic carbocycles. The molecule has 6 nitrogen and oxygen atoms in total. The zero-order valence-electron chi connectivity index (χ0n) is 19.2. The van der Waals surface area contributed by atoms with Crippen LogP contribution in [-0.4, -0.2) is 35.9 Å². The van der Waals surface area contributed by atoms with Crippen molar-refractivity contribution in [2.75, 3.05) is 18.4 Å². The molecule has 4 rings (SSSR count). The first kappa shape index (κ1) is 23.4. The number of benzene rings is 2. The lowest BCUT2D eigenvalue weighted by molar-refractivity contribution is -0.110. The number of fused-ring (bicyclic) bond motifs is 1. The van der Waals surface area contributed by atoms with Crippen molar-refractivity contribution in [1.82, 2.24) is 15.6 Å². The van der Waals surface area contributed by atoms with Gasteiger partial charge in [0.2, 0.25) is 0 Å². The molecule has 1 aliphatic rings. The number of aromatic amines is 1. The first-order valence-corrected chi connectivity index (χ1v) is 11.1. The second-order valence-corrected chi connectivity index (χ2v) is 8.49. The van der Waals surface area contributed by atoms with Crippen molar-refractivity contribution in [1.29, 1.82) is 0 Å². The van der Waals surface area contributed by atoms with Gasteiger partial charge in [-0.2, -0.15) is 0 Å². The summed E-state index contributed by atoms with van der Waals surface area (Å²) >= 11 is 0. The van der Waals surface area contributed by atoms with Crippen molar-refractivity contribution in [3.05, 3.63) is 76.6 Å². The van der Waals surface area contributed by atoms with E-state index in [-0.39, 0.29) is 17.4 Å². The van der Waals surface area contributed by atoms with Crippen molar-refractivity contribution in [3.63, 3.8) is 0 Å². The molecule has 0 saturated carbocycles. The largest absolute Gasteiger partial charge is 0.358 e. The lowest BCUT2D eigenvalue weighted by atomic mass is 9.97. The van der Waals surface area contributed by atoms with Gasteiger partial charge in [-0.3, -0.25) is 9.59 Å². The number of hydrogen-bond donors (Lipinski definition) is 4. The van der Waals surface area contributed by atoms with Crippen LogP contribution in [0.2, 0.25) is 0 Å². The predicted octanol–water partition coefficient (Wildman–Crippen LogP) is 4.49. The molecule has 2 amide bonds. The van der Waals surface area contributed by atoms with Crippen LogP contribution in [0.1, 0.15) is 41.2 Å². The minimum absolute atomic E-state index is 0.271. The number of carbonyl (C=O) groups excluding carboxylic acids is 2. The molecule has 3 aromatic rings. The summed E-state index contributed by atoms with van der Waals surface area (Å²) in [5.41, 5.74) is 3.87. The number of H-pyrrole nitrogens is 1. The molecule has 0 bridgehead atoms. The Balaban J connectivity index is 1.78. The van der Waals surface area contributed by atoms with Crippen molar-refractivity contribution >= 4 is 29.2 Å². The summed E-state index contributed by atoms with van der Waals surface area (Å²) < 4.78 is 27.5. The standard InChI is InChI=1S/C26H26F2N4O2/c1-14(2)29-10-11-30-26(34)23-15(3)31-22(24(23)16-4-6-17(27)7-5-16)13-20-19-12-18(28)8-9-21(19)32-25(20)33/h4-9,12-14,29,31H,10-11H2,1-3H3,(H,30,34)(H,32,33)/b20-13-. The number of halogens is 2. The average molecular weight is 465 g/mol. The van der Waals surface area contributed by atoms with Crippen LogP contribution in [0.3, 0.4) is 0 Å². The molecule has 34 heavy (non-hydrogen) atoms. The molecule has 1 aromatic heterocycles. The fraction of sp³-hybridized carbons (Fsp3) is 0.231. The van der Waals surface area contributed by atoms with E-state index in [0.717, 1.165) is 0 Å². The normalized spacial score (nSPS) is 13.9. The van der Waals surface area contributed by atoms with E-state index in [1.807, 2.05) is 13.8 Å². The van der Waals surface area contributed by atoms with Crippen molar-refractivity contribution in [2.45, 2.75) is 26.8 Å². The molecular formula is C26H26F2N4O2. The molecule has 0 atom stereocenters. The molecule has 0 spiro atoms. The number of hydrogen-bond acceptors (Lipinski definition) is 3. The lowest BCUT2D eigenvalue weighted by Crippen LogP contribution is -2.34. The third kappa shape index (κ3) is 4.77. The number of amides is 2. The lowest BCUT2D eigenvalue weighted by Gasteiger charge is -2.11. The van der Waals surface area contributed by atoms with Gasteiger partial charge in [0, 0.05) is 47.3 Å². The van der Waals surface area contributed by atoms with Gasteiger partial charge in [0.25, 0.3) is 11.8 Å². The zero-order chi connectivity index (χ0) is 24.4. The molecule has 0 unspecified atom stereocenters. The highest BCUT2D eigenvalue weighted by atomic mass is 19.1.